The van der Waals surface area contributed by atoms with Crippen LogP contribution in [0.1, 0.15) is 34.7 Å². The molecule has 0 radical (unpaired) electrons. The van der Waals surface area contributed by atoms with Crippen LogP contribution < -0.4 is 5.32 Å². The van der Waals surface area contributed by atoms with Gasteiger partial charge in [0.1, 0.15) is 11.3 Å². The summed E-state index contributed by atoms with van der Waals surface area (Å²) in [6.07, 6.45) is 0.579. The first-order chi connectivity index (χ1) is 11.0. The van der Waals surface area contributed by atoms with Crippen LogP contribution in [-0.2, 0) is 9.47 Å². The number of esters is 1. The Labute approximate surface area is 133 Å². The highest BCUT2D eigenvalue weighted by molar-refractivity contribution is 6.04. The first kappa shape index (κ1) is 16.6. The molecule has 3 N–H and O–H groups in total. The number of benzene rings is 1. The molecule has 0 aliphatic rings. The number of H-pyrrole nitrogens is 1. The maximum absolute atomic E-state index is 12.2. The number of carbonyl (C=O) groups excluding carboxylic acids is 1. The van der Waals surface area contributed by atoms with Gasteiger partial charge < -0.3 is 24.9 Å². The molecular formula is C16H18N2O5. The third-order valence-electron chi connectivity index (χ3n) is 3.03. The van der Waals surface area contributed by atoms with Crippen molar-refractivity contribution in [3.63, 3.8) is 0 Å². The minimum absolute atomic E-state index is 0.0952. The first-order valence-corrected chi connectivity index (χ1v) is 7.12. The Bertz CT molecular complexity index is 681. The van der Waals surface area contributed by atoms with Crippen LogP contribution in [-0.4, -0.2) is 34.9 Å². The smallest absolute Gasteiger partial charge is 0.354 e. The number of hydrogen-bond donors (Lipinski definition) is 3. The predicted octanol–water partition coefficient (Wildman–Crippen LogP) is 3.00. The SMILES string of the molecule is CCOC(C)OC(=O)c1c[nH]c(C(=O)O)c1Nc1ccccc1. The van der Waals surface area contributed by atoms with E-state index >= 15 is 0 Å². The van der Waals surface area contributed by atoms with E-state index in [4.69, 9.17) is 9.47 Å². The Morgan fingerprint density at radius 1 is 1.30 bits per heavy atom. The van der Waals surface area contributed by atoms with Gasteiger partial charge in [-0.05, 0) is 26.0 Å². The molecule has 0 amide bonds. The minimum atomic E-state index is -1.18. The molecule has 2 rings (SSSR count). The van der Waals surface area contributed by atoms with Crippen LogP contribution in [0.2, 0.25) is 0 Å². The lowest BCUT2D eigenvalue weighted by atomic mass is 10.2. The number of aromatic nitrogens is 1. The third kappa shape index (κ3) is 4.10. The van der Waals surface area contributed by atoms with Gasteiger partial charge in [-0.2, -0.15) is 0 Å². The summed E-state index contributed by atoms with van der Waals surface area (Å²) in [6.45, 7) is 3.78. The summed E-state index contributed by atoms with van der Waals surface area (Å²) in [5.74, 6) is -1.85. The van der Waals surface area contributed by atoms with Gasteiger partial charge >= 0.3 is 11.9 Å². The standard InChI is InChI=1S/C16H18N2O5/c1-3-22-10(2)23-16(21)12-9-17-14(15(19)20)13(12)18-11-7-5-4-6-8-11/h4-10,17-18H,3H2,1-2H3,(H,19,20). The number of ether oxygens (including phenoxy) is 2. The van der Waals surface area contributed by atoms with Gasteiger partial charge in [-0.1, -0.05) is 18.2 Å². The molecule has 0 fully saturated rings. The van der Waals surface area contributed by atoms with Crippen molar-refractivity contribution in [2.24, 2.45) is 0 Å². The average Bonchev–Trinajstić information content (AvgIpc) is 2.92. The molecule has 0 saturated heterocycles. The van der Waals surface area contributed by atoms with E-state index in [-0.39, 0.29) is 16.9 Å². The normalized spacial score (nSPS) is 11.7. The fourth-order valence-corrected chi connectivity index (χ4v) is 2.03. The highest BCUT2D eigenvalue weighted by atomic mass is 16.7. The number of nitrogens with one attached hydrogen (secondary N) is 2. The second-order valence-corrected chi connectivity index (χ2v) is 4.68. The monoisotopic (exact) mass is 318 g/mol. The number of carbonyl (C=O) groups is 2. The molecule has 122 valence electrons. The quantitative estimate of drug-likeness (QED) is 0.536. The van der Waals surface area contributed by atoms with Crippen molar-refractivity contribution < 1.29 is 24.2 Å². The summed E-state index contributed by atoms with van der Waals surface area (Å²) in [5, 5.41) is 12.2. The van der Waals surface area contributed by atoms with Gasteiger partial charge in [-0.15, -0.1) is 0 Å². The molecule has 2 aromatic rings. The zero-order chi connectivity index (χ0) is 16.8. The average molecular weight is 318 g/mol. The Hall–Kier alpha value is -2.80. The van der Waals surface area contributed by atoms with Crippen LogP contribution >= 0.6 is 0 Å². The van der Waals surface area contributed by atoms with E-state index in [2.05, 4.69) is 10.3 Å². The number of rotatable bonds is 7. The maximum atomic E-state index is 12.2. The lowest BCUT2D eigenvalue weighted by Crippen LogP contribution is -2.18. The molecule has 0 aliphatic heterocycles. The van der Waals surface area contributed by atoms with Crippen molar-refractivity contribution in [2.75, 3.05) is 11.9 Å². The lowest BCUT2D eigenvalue weighted by molar-refractivity contribution is -0.0940. The van der Waals surface area contributed by atoms with Crippen molar-refractivity contribution in [1.82, 2.24) is 4.98 Å². The Morgan fingerprint density at radius 2 is 2.00 bits per heavy atom. The fourth-order valence-electron chi connectivity index (χ4n) is 2.03. The van der Waals surface area contributed by atoms with Gasteiger partial charge in [0.25, 0.3) is 0 Å². The molecule has 0 spiro atoms. The zero-order valence-electron chi connectivity index (χ0n) is 12.8. The molecular weight excluding hydrogens is 300 g/mol. The topological polar surface area (TPSA) is 101 Å². The van der Waals surface area contributed by atoms with E-state index in [0.717, 1.165) is 0 Å². The number of para-hydroxylation sites is 1. The Balaban J connectivity index is 2.29. The Kier molecular flexibility index (Phi) is 5.37. The third-order valence-corrected chi connectivity index (χ3v) is 3.03. The van der Waals surface area contributed by atoms with Gasteiger partial charge in [-0.25, -0.2) is 9.59 Å². The number of carboxylic acid groups (broad SMARTS) is 1. The Morgan fingerprint density at radius 3 is 2.61 bits per heavy atom. The fraction of sp³-hybridized carbons (Fsp3) is 0.250. The summed E-state index contributed by atoms with van der Waals surface area (Å²) in [7, 11) is 0. The molecule has 7 nitrogen and oxygen atoms in total. The summed E-state index contributed by atoms with van der Waals surface area (Å²) in [5.41, 5.74) is 0.779. The van der Waals surface area contributed by atoms with E-state index in [1.54, 1.807) is 38.1 Å². The molecule has 23 heavy (non-hydrogen) atoms. The molecule has 1 heterocycles. The summed E-state index contributed by atoms with van der Waals surface area (Å²) in [6, 6.07) is 8.95. The van der Waals surface area contributed by atoms with Crippen LogP contribution in [0.4, 0.5) is 11.4 Å². The second-order valence-electron chi connectivity index (χ2n) is 4.68. The van der Waals surface area contributed by atoms with Gasteiger partial charge in [0.05, 0.1) is 5.69 Å². The van der Waals surface area contributed by atoms with E-state index in [0.29, 0.717) is 12.3 Å². The van der Waals surface area contributed by atoms with Gasteiger partial charge in [0, 0.05) is 18.5 Å². The lowest BCUT2D eigenvalue weighted by Gasteiger charge is -2.13. The number of hydrogen-bond acceptors (Lipinski definition) is 5. The summed E-state index contributed by atoms with van der Waals surface area (Å²) in [4.78, 5) is 26.1. The number of aromatic amines is 1. The van der Waals surface area contributed by atoms with E-state index in [9.17, 15) is 14.7 Å². The zero-order valence-corrected chi connectivity index (χ0v) is 12.8. The summed E-state index contributed by atoms with van der Waals surface area (Å²) >= 11 is 0. The van der Waals surface area contributed by atoms with Gasteiger partial charge in [-0.3, -0.25) is 0 Å². The molecule has 1 aromatic carbocycles. The van der Waals surface area contributed by atoms with Crippen molar-refractivity contribution in [3.8, 4) is 0 Å². The first-order valence-electron chi connectivity index (χ1n) is 7.12. The molecule has 7 heteroatoms. The largest absolute Gasteiger partial charge is 0.477 e. The second kappa shape index (κ2) is 7.46. The van der Waals surface area contributed by atoms with Crippen LogP contribution in [0, 0.1) is 0 Å². The van der Waals surface area contributed by atoms with Crippen molar-refractivity contribution in [3.05, 3.63) is 47.8 Å². The molecule has 1 unspecified atom stereocenters. The number of carboxylic acids is 1. The van der Waals surface area contributed by atoms with E-state index in [1.807, 2.05) is 6.07 Å². The van der Waals surface area contributed by atoms with Crippen molar-refractivity contribution >= 4 is 23.3 Å². The molecule has 0 bridgehead atoms. The van der Waals surface area contributed by atoms with Crippen LogP contribution in [0.15, 0.2) is 36.5 Å². The van der Waals surface area contributed by atoms with Crippen LogP contribution in [0.5, 0.6) is 0 Å². The van der Waals surface area contributed by atoms with Gasteiger partial charge in [0.15, 0.2) is 6.29 Å². The van der Waals surface area contributed by atoms with Crippen LogP contribution in [0.25, 0.3) is 0 Å². The highest BCUT2D eigenvalue weighted by Crippen LogP contribution is 2.26. The molecule has 0 saturated carbocycles. The van der Waals surface area contributed by atoms with Crippen LogP contribution in [0.3, 0.4) is 0 Å². The van der Waals surface area contributed by atoms with E-state index in [1.165, 1.54) is 6.20 Å². The maximum Gasteiger partial charge on any atom is 0.354 e. The number of aromatic carboxylic acids is 1. The van der Waals surface area contributed by atoms with Crippen molar-refractivity contribution in [1.29, 1.82) is 0 Å². The minimum Gasteiger partial charge on any atom is -0.477 e. The highest BCUT2D eigenvalue weighted by Gasteiger charge is 2.24. The van der Waals surface area contributed by atoms with Crippen molar-refractivity contribution in [2.45, 2.75) is 20.1 Å². The molecule has 0 aliphatic carbocycles. The number of anilines is 2. The van der Waals surface area contributed by atoms with Gasteiger partial charge in [0.2, 0.25) is 0 Å². The predicted molar refractivity (Wildman–Crippen MR) is 84.0 cm³/mol. The molecule has 1 aromatic heterocycles. The summed E-state index contributed by atoms with van der Waals surface area (Å²) < 4.78 is 10.3. The molecule has 1 atom stereocenters. The van der Waals surface area contributed by atoms with E-state index < -0.39 is 18.2 Å².